The molecule has 28 heavy (non-hydrogen) atoms. The number of methoxy groups -OCH3 is 2. The molecule has 4 fully saturated rings. The Balaban J connectivity index is 1.39. The van der Waals surface area contributed by atoms with E-state index in [0.717, 1.165) is 34.8 Å². The summed E-state index contributed by atoms with van der Waals surface area (Å²) < 4.78 is 10.8. The second-order valence-electron chi connectivity index (χ2n) is 9.78. The molecule has 1 amide bonds. The number of rotatable bonds is 7. The first-order valence-corrected chi connectivity index (χ1v) is 10.9. The summed E-state index contributed by atoms with van der Waals surface area (Å²) in [6.07, 6.45) is 8.77. The summed E-state index contributed by atoms with van der Waals surface area (Å²) in [4.78, 5) is 12.9. The summed E-state index contributed by atoms with van der Waals surface area (Å²) in [7, 11) is 3.32. The normalized spacial score (nSPS) is 32.6. The van der Waals surface area contributed by atoms with Crippen LogP contribution in [-0.4, -0.2) is 26.2 Å². The Morgan fingerprint density at radius 3 is 2.21 bits per heavy atom. The number of amides is 1. The van der Waals surface area contributed by atoms with Crippen LogP contribution < -0.4 is 14.8 Å². The fourth-order valence-electron chi connectivity index (χ4n) is 6.78. The smallest absolute Gasteiger partial charge is 0.220 e. The van der Waals surface area contributed by atoms with Crippen LogP contribution >= 0.6 is 0 Å². The number of hydrogen-bond acceptors (Lipinski definition) is 3. The molecular weight excluding hydrogens is 350 g/mol. The van der Waals surface area contributed by atoms with Crippen LogP contribution in [0, 0.1) is 23.2 Å². The van der Waals surface area contributed by atoms with Gasteiger partial charge in [0.25, 0.3) is 0 Å². The average Bonchev–Trinajstić information content (AvgIpc) is 2.66. The van der Waals surface area contributed by atoms with Crippen LogP contribution in [0.5, 0.6) is 11.5 Å². The predicted molar refractivity (Wildman–Crippen MR) is 111 cm³/mol. The van der Waals surface area contributed by atoms with Crippen molar-refractivity contribution in [2.45, 2.75) is 70.8 Å². The third-order valence-corrected chi connectivity index (χ3v) is 7.84. The summed E-state index contributed by atoms with van der Waals surface area (Å²) in [5, 5.41) is 3.39. The number of benzene rings is 1. The Labute approximate surface area is 169 Å². The lowest BCUT2D eigenvalue weighted by atomic mass is 9.48. The molecule has 2 atom stereocenters. The maximum absolute atomic E-state index is 12.9. The van der Waals surface area contributed by atoms with E-state index in [1.165, 1.54) is 38.5 Å². The van der Waals surface area contributed by atoms with Crippen molar-refractivity contribution in [3.8, 4) is 11.5 Å². The number of hydrogen-bond donors (Lipinski definition) is 1. The van der Waals surface area contributed by atoms with E-state index in [2.05, 4.69) is 19.2 Å². The van der Waals surface area contributed by atoms with Gasteiger partial charge >= 0.3 is 0 Å². The van der Waals surface area contributed by atoms with Gasteiger partial charge in [0.05, 0.1) is 14.2 Å². The van der Waals surface area contributed by atoms with Crippen LogP contribution in [0.1, 0.15) is 70.3 Å². The predicted octanol–water partition coefficient (Wildman–Crippen LogP) is 4.92. The molecule has 1 aromatic rings. The molecule has 0 radical (unpaired) electrons. The monoisotopic (exact) mass is 385 g/mol. The van der Waals surface area contributed by atoms with Crippen molar-refractivity contribution < 1.29 is 14.3 Å². The Bertz CT molecular complexity index is 693. The maximum Gasteiger partial charge on any atom is 0.220 e. The molecule has 4 heteroatoms. The van der Waals surface area contributed by atoms with Gasteiger partial charge in [-0.05, 0) is 86.2 Å². The highest BCUT2D eigenvalue weighted by molar-refractivity contribution is 5.77. The van der Waals surface area contributed by atoms with E-state index >= 15 is 0 Å². The van der Waals surface area contributed by atoms with Gasteiger partial charge in [-0.1, -0.05) is 13.0 Å². The molecule has 4 aliphatic carbocycles. The minimum atomic E-state index is 0.101. The minimum Gasteiger partial charge on any atom is -0.497 e. The second-order valence-corrected chi connectivity index (χ2v) is 9.78. The van der Waals surface area contributed by atoms with Crippen molar-refractivity contribution >= 4 is 5.91 Å². The SMILES string of the molecule is COc1ccc(C(C)CC(=O)NC(C)C23CC4CC(CC(C4)C2)C3)c(OC)c1. The van der Waals surface area contributed by atoms with Gasteiger partial charge in [-0.25, -0.2) is 0 Å². The van der Waals surface area contributed by atoms with Gasteiger partial charge in [0, 0.05) is 18.5 Å². The zero-order valence-corrected chi connectivity index (χ0v) is 17.8. The Kier molecular flexibility index (Phi) is 5.32. The first-order chi connectivity index (χ1) is 13.4. The lowest BCUT2D eigenvalue weighted by molar-refractivity contribution is -0.126. The van der Waals surface area contributed by atoms with Crippen LogP contribution in [0.15, 0.2) is 18.2 Å². The molecular formula is C24H35NO3. The van der Waals surface area contributed by atoms with Gasteiger partial charge < -0.3 is 14.8 Å². The summed E-state index contributed by atoms with van der Waals surface area (Å²) in [5.41, 5.74) is 1.41. The summed E-state index contributed by atoms with van der Waals surface area (Å²) in [6.45, 7) is 4.35. The van der Waals surface area contributed by atoms with Crippen molar-refractivity contribution in [2.24, 2.45) is 23.2 Å². The molecule has 1 N–H and O–H groups in total. The molecule has 0 heterocycles. The van der Waals surface area contributed by atoms with Crippen molar-refractivity contribution in [2.75, 3.05) is 14.2 Å². The zero-order chi connectivity index (χ0) is 19.9. The third-order valence-electron chi connectivity index (χ3n) is 7.84. The summed E-state index contributed by atoms with van der Waals surface area (Å²) >= 11 is 0. The number of nitrogens with one attached hydrogen (secondary N) is 1. The topological polar surface area (TPSA) is 47.6 Å². The van der Waals surface area contributed by atoms with E-state index in [-0.39, 0.29) is 17.9 Å². The van der Waals surface area contributed by atoms with Crippen LogP contribution in [0.25, 0.3) is 0 Å². The van der Waals surface area contributed by atoms with E-state index in [0.29, 0.717) is 11.8 Å². The fraction of sp³-hybridized carbons (Fsp3) is 0.708. The Hall–Kier alpha value is -1.71. The molecule has 4 saturated carbocycles. The van der Waals surface area contributed by atoms with E-state index in [9.17, 15) is 4.79 Å². The highest BCUT2D eigenvalue weighted by atomic mass is 16.5. The molecule has 0 aliphatic heterocycles. The number of carbonyl (C=O) groups is 1. The van der Waals surface area contributed by atoms with E-state index in [4.69, 9.17) is 9.47 Å². The summed E-state index contributed by atoms with van der Waals surface area (Å²) in [6, 6.07) is 6.11. The lowest BCUT2D eigenvalue weighted by Gasteiger charge is -2.59. The van der Waals surface area contributed by atoms with Gasteiger partial charge in [-0.3, -0.25) is 4.79 Å². The van der Waals surface area contributed by atoms with Crippen LogP contribution in [0.3, 0.4) is 0 Å². The van der Waals surface area contributed by atoms with Crippen LogP contribution in [0.2, 0.25) is 0 Å². The number of ether oxygens (including phenoxy) is 2. The van der Waals surface area contributed by atoms with Gasteiger partial charge in [0.1, 0.15) is 11.5 Å². The van der Waals surface area contributed by atoms with Crippen molar-refractivity contribution in [1.29, 1.82) is 0 Å². The maximum atomic E-state index is 12.9. The third kappa shape index (κ3) is 3.62. The largest absolute Gasteiger partial charge is 0.497 e. The van der Waals surface area contributed by atoms with Crippen LogP contribution in [0.4, 0.5) is 0 Å². The molecule has 2 unspecified atom stereocenters. The van der Waals surface area contributed by atoms with Gasteiger partial charge in [0.2, 0.25) is 5.91 Å². The van der Waals surface area contributed by atoms with E-state index in [1.54, 1.807) is 14.2 Å². The molecule has 4 aliphatic rings. The molecule has 1 aromatic carbocycles. The van der Waals surface area contributed by atoms with Gasteiger partial charge in [-0.2, -0.15) is 0 Å². The minimum absolute atomic E-state index is 0.101. The molecule has 0 spiro atoms. The first-order valence-electron chi connectivity index (χ1n) is 10.9. The number of carbonyl (C=O) groups excluding carboxylic acids is 1. The molecule has 154 valence electrons. The molecule has 0 aromatic heterocycles. The van der Waals surface area contributed by atoms with Gasteiger partial charge in [0.15, 0.2) is 0 Å². The quantitative estimate of drug-likeness (QED) is 0.725. The zero-order valence-electron chi connectivity index (χ0n) is 17.8. The van der Waals surface area contributed by atoms with Crippen molar-refractivity contribution in [3.05, 3.63) is 23.8 Å². The highest BCUT2D eigenvalue weighted by Gasteiger charge is 2.53. The summed E-state index contributed by atoms with van der Waals surface area (Å²) in [5.74, 6) is 4.55. The molecule has 5 rings (SSSR count). The van der Waals surface area contributed by atoms with Gasteiger partial charge in [-0.15, -0.1) is 0 Å². The van der Waals surface area contributed by atoms with Crippen molar-refractivity contribution in [3.63, 3.8) is 0 Å². The lowest BCUT2D eigenvalue weighted by Crippen LogP contribution is -2.55. The second kappa shape index (κ2) is 7.61. The first kappa shape index (κ1) is 19.6. The molecule has 4 bridgehead atoms. The van der Waals surface area contributed by atoms with Crippen molar-refractivity contribution in [1.82, 2.24) is 5.32 Å². The molecule has 4 nitrogen and oxygen atoms in total. The molecule has 0 saturated heterocycles. The van der Waals surface area contributed by atoms with E-state index in [1.807, 2.05) is 18.2 Å². The van der Waals surface area contributed by atoms with E-state index < -0.39 is 0 Å². The standard InChI is InChI=1S/C24H35NO3/c1-15(21-6-5-20(27-3)11-22(21)28-4)7-23(26)25-16(2)24-12-17-8-18(13-24)10-19(9-17)14-24/h5-6,11,15-19H,7-10,12-14H2,1-4H3,(H,25,26). The van der Waals surface area contributed by atoms with Crippen LogP contribution in [-0.2, 0) is 4.79 Å². The Morgan fingerprint density at radius 1 is 1.07 bits per heavy atom. The fourth-order valence-corrected chi connectivity index (χ4v) is 6.78. The highest BCUT2D eigenvalue weighted by Crippen LogP contribution is 2.61. The average molecular weight is 386 g/mol. The Morgan fingerprint density at radius 2 is 1.68 bits per heavy atom.